The van der Waals surface area contributed by atoms with E-state index in [0.717, 1.165) is 0 Å². The van der Waals surface area contributed by atoms with Crippen molar-refractivity contribution < 1.29 is 18.0 Å². The van der Waals surface area contributed by atoms with E-state index in [2.05, 4.69) is 0 Å². The summed E-state index contributed by atoms with van der Waals surface area (Å²) < 4.78 is 36.7. The molecule has 1 rings (SSSR count). The van der Waals surface area contributed by atoms with Gasteiger partial charge in [0.1, 0.15) is 0 Å². The maximum Gasteiger partial charge on any atom is 0.393 e. The van der Waals surface area contributed by atoms with E-state index < -0.39 is 12.1 Å². The molecule has 5 heteroatoms. The fourth-order valence-corrected chi connectivity index (χ4v) is 1.53. The van der Waals surface area contributed by atoms with Crippen LogP contribution in [0.1, 0.15) is 19.8 Å². The highest BCUT2D eigenvalue weighted by atomic mass is 19.4. The third-order valence-electron chi connectivity index (χ3n) is 2.33. The molecule has 1 unspecified atom stereocenters. The Labute approximate surface area is 74.7 Å². The Morgan fingerprint density at radius 1 is 1.46 bits per heavy atom. The van der Waals surface area contributed by atoms with E-state index >= 15 is 0 Å². The summed E-state index contributed by atoms with van der Waals surface area (Å²) in [6.07, 6.45) is -3.56. The number of rotatable bonds is 0. The molecule has 0 N–H and O–H groups in total. The number of hydrogen-bond donors (Lipinski definition) is 0. The van der Waals surface area contributed by atoms with Crippen molar-refractivity contribution in [2.75, 3.05) is 13.1 Å². The van der Waals surface area contributed by atoms with Crippen molar-refractivity contribution in [3.05, 3.63) is 0 Å². The van der Waals surface area contributed by atoms with E-state index in [1.165, 1.54) is 11.8 Å². The summed E-state index contributed by atoms with van der Waals surface area (Å²) in [4.78, 5) is 12.1. The van der Waals surface area contributed by atoms with Gasteiger partial charge in [0.25, 0.3) is 0 Å². The summed E-state index contributed by atoms with van der Waals surface area (Å²) in [5.41, 5.74) is 0. The van der Waals surface area contributed by atoms with Gasteiger partial charge < -0.3 is 4.90 Å². The lowest BCUT2D eigenvalue weighted by Gasteiger charge is -2.32. The first-order valence-electron chi connectivity index (χ1n) is 4.23. The molecule has 1 aliphatic rings. The van der Waals surface area contributed by atoms with Crippen molar-refractivity contribution >= 4 is 5.91 Å². The predicted molar refractivity (Wildman–Crippen MR) is 41.0 cm³/mol. The Morgan fingerprint density at radius 3 is 2.54 bits per heavy atom. The zero-order valence-corrected chi connectivity index (χ0v) is 7.40. The van der Waals surface area contributed by atoms with Gasteiger partial charge in [-0.05, 0) is 12.8 Å². The van der Waals surface area contributed by atoms with Crippen LogP contribution in [0, 0.1) is 5.92 Å². The first kappa shape index (κ1) is 10.3. The quantitative estimate of drug-likeness (QED) is 0.577. The summed E-state index contributed by atoms with van der Waals surface area (Å²) >= 11 is 0. The van der Waals surface area contributed by atoms with Gasteiger partial charge in [0.05, 0.1) is 5.92 Å². The van der Waals surface area contributed by atoms with Crippen LogP contribution in [-0.2, 0) is 4.79 Å². The van der Waals surface area contributed by atoms with Crippen molar-refractivity contribution in [1.82, 2.24) is 4.90 Å². The summed E-state index contributed by atoms with van der Waals surface area (Å²) in [6.45, 7) is 1.60. The van der Waals surface area contributed by atoms with Crippen molar-refractivity contribution in [2.45, 2.75) is 25.9 Å². The van der Waals surface area contributed by atoms with Crippen LogP contribution in [0.25, 0.3) is 0 Å². The molecule has 1 saturated heterocycles. The van der Waals surface area contributed by atoms with E-state index in [1.54, 1.807) is 0 Å². The van der Waals surface area contributed by atoms with Gasteiger partial charge in [0.15, 0.2) is 0 Å². The Kier molecular flexibility index (Phi) is 2.83. The molecular formula is C8H12F3NO. The second-order valence-corrected chi connectivity index (χ2v) is 3.35. The zero-order valence-electron chi connectivity index (χ0n) is 7.40. The first-order valence-corrected chi connectivity index (χ1v) is 4.23. The van der Waals surface area contributed by atoms with Crippen LogP contribution in [0.15, 0.2) is 0 Å². The Balaban J connectivity index is 2.57. The molecule has 13 heavy (non-hydrogen) atoms. The predicted octanol–water partition coefficient (Wildman–Crippen LogP) is 1.81. The van der Waals surface area contributed by atoms with Gasteiger partial charge in [-0.15, -0.1) is 0 Å². The number of likely N-dealkylation sites (tertiary alicyclic amines) is 1. The molecule has 1 fully saturated rings. The standard InChI is InChI=1S/C8H12F3NO/c1-6(13)12-4-2-3-7(5-12)8(9,10)11/h7H,2-5H2,1H3. The summed E-state index contributed by atoms with van der Waals surface area (Å²) in [7, 11) is 0. The van der Waals surface area contributed by atoms with E-state index in [4.69, 9.17) is 0 Å². The Bertz CT molecular complexity index is 202. The fraction of sp³-hybridized carbons (Fsp3) is 0.875. The van der Waals surface area contributed by atoms with Gasteiger partial charge >= 0.3 is 6.18 Å². The maximum absolute atomic E-state index is 12.2. The number of amides is 1. The number of halogens is 3. The van der Waals surface area contributed by atoms with Crippen LogP contribution in [0.2, 0.25) is 0 Å². The lowest BCUT2D eigenvalue weighted by atomic mass is 9.97. The van der Waals surface area contributed by atoms with E-state index in [-0.39, 0.29) is 18.9 Å². The Hall–Kier alpha value is -0.740. The highest BCUT2D eigenvalue weighted by Gasteiger charge is 2.42. The molecule has 76 valence electrons. The van der Waals surface area contributed by atoms with Gasteiger partial charge in [0, 0.05) is 20.0 Å². The number of carbonyl (C=O) groups excluding carboxylic acids is 1. The second kappa shape index (κ2) is 3.55. The minimum atomic E-state index is -4.16. The number of carbonyl (C=O) groups is 1. The minimum absolute atomic E-state index is 0.146. The van der Waals surface area contributed by atoms with Crippen LogP contribution in [0.4, 0.5) is 13.2 Å². The zero-order chi connectivity index (χ0) is 10.1. The highest BCUT2D eigenvalue weighted by molar-refractivity contribution is 5.73. The average Bonchev–Trinajstić information content (AvgIpc) is 2.03. The SMILES string of the molecule is CC(=O)N1CCCC(C(F)(F)F)C1. The van der Waals surface area contributed by atoms with Crippen LogP contribution < -0.4 is 0 Å². The van der Waals surface area contributed by atoms with E-state index in [9.17, 15) is 18.0 Å². The number of piperidine rings is 1. The first-order chi connectivity index (χ1) is 5.91. The summed E-state index contributed by atoms with van der Waals surface area (Å²) in [5.74, 6) is -1.60. The van der Waals surface area contributed by atoms with Gasteiger partial charge in [0.2, 0.25) is 5.91 Å². The fourth-order valence-electron chi connectivity index (χ4n) is 1.53. The lowest BCUT2D eigenvalue weighted by molar-refractivity contribution is -0.187. The molecule has 0 bridgehead atoms. The van der Waals surface area contributed by atoms with Crippen LogP contribution >= 0.6 is 0 Å². The molecule has 0 aromatic rings. The monoisotopic (exact) mass is 195 g/mol. The second-order valence-electron chi connectivity index (χ2n) is 3.35. The molecule has 0 radical (unpaired) electrons. The summed E-state index contributed by atoms with van der Waals surface area (Å²) in [5, 5.41) is 0. The van der Waals surface area contributed by atoms with Crippen LogP contribution in [0.5, 0.6) is 0 Å². The molecule has 0 aromatic carbocycles. The third-order valence-corrected chi connectivity index (χ3v) is 2.33. The average molecular weight is 195 g/mol. The van der Waals surface area contributed by atoms with Gasteiger partial charge in [-0.1, -0.05) is 0 Å². The minimum Gasteiger partial charge on any atom is -0.342 e. The largest absolute Gasteiger partial charge is 0.393 e. The molecule has 0 aromatic heterocycles. The molecule has 1 amide bonds. The molecule has 1 atom stereocenters. The Morgan fingerprint density at radius 2 is 2.08 bits per heavy atom. The lowest BCUT2D eigenvalue weighted by Crippen LogP contribution is -2.43. The van der Waals surface area contributed by atoms with Crippen LogP contribution in [0.3, 0.4) is 0 Å². The normalized spacial score (nSPS) is 24.6. The number of nitrogens with zero attached hydrogens (tertiary/aromatic N) is 1. The molecule has 2 nitrogen and oxygen atoms in total. The maximum atomic E-state index is 12.2. The highest BCUT2D eigenvalue weighted by Crippen LogP contribution is 2.32. The van der Waals surface area contributed by atoms with E-state index in [1.807, 2.05) is 0 Å². The molecular weight excluding hydrogens is 183 g/mol. The summed E-state index contributed by atoms with van der Waals surface area (Å²) in [6, 6.07) is 0. The van der Waals surface area contributed by atoms with Gasteiger partial charge in [-0.2, -0.15) is 13.2 Å². The van der Waals surface area contributed by atoms with Crippen molar-refractivity contribution in [3.8, 4) is 0 Å². The third kappa shape index (κ3) is 2.60. The van der Waals surface area contributed by atoms with Crippen molar-refractivity contribution in [1.29, 1.82) is 0 Å². The van der Waals surface area contributed by atoms with Crippen molar-refractivity contribution in [2.24, 2.45) is 5.92 Å². The molecule has 1 heterocycles. The number of alkyl halides is 3. The molecule has 0 saturated carbocycles. The van der Waals surface area contributed by atoms with Gasteiger partial charge in [-0.3, -0.25) is 4.79 Å². The van der Waals surface area contributed by atoms with E-state index in [0.29, 0.717) is 13.0 Å². The van der Waals surface area contributed by atoms with Crippen molar-refractivity contribution in [3.63, 3.8) is 0 Å². The smallest absolute Gasteiger partial charge is 0.342 e. The topological polar surface area (TPSA) is 20.3 Å². The number of hydrogen-bond acceptors (Lipinski definition) is 1. The van der Waals surface area contributed by atoms with Gasteiger partial charge in [-0.25, -0.2) is 0 Å². The molecule has 0 aliphatic carbocycles. The molecule has 1 aliphatic heterocycles. The molecule has 0 spiro atoms. The van der Waals surface area contributed by atoms with Crippen LogP contribution in [-0.4, -0.2) is 30.1 Å².